The van der Waals surface area contributed by atoms with E-state index in [-0.39, 0.29) is 18.2 Å². The number of aryl methyl sites for hydroxylation is 1. The maximum Gasteiger partial charge on any atom is 0.342 e. The average molecular weight is 397 g/mol. The smallest absolute Gasteiger partial charge is 0.342 e. The van der Waals surface area contributed by atoms with Crippen LogP contribution in [-0.2, 0) is 18.8 Å². The molecule has 0 aliphatic carbocycles. The first-order chi connectivity index (χ1) is 12.6. The molecule has 1 unspecified atom stereocenters. The van der Waals surface area contributed by atoms with E-state index in [9.17, 15) is 14.2 Å². The third-order valence-electron chi connectivity index (χ3n) is 3.57. The van der Waals surface area contributed by atoms with Crippen molar-refractivity contribution in [1.29, 1.82) is 0 Å². The van der Waals surface area contributed by atoms with Gasteiger partial charge in [0, 0.05) is 24.6 Å². The summed E-state index contributed by atoms with van der Waals surface area (Å²) in [6.45, 7) is 6.76. The number of carbonyl (C=O) groups is 1. The van der Waals surface area contributed by atoms with Crippen molar-refractivity contribution in [3.05, 3.63) is 40.2 Å². The average Bonchev–Trinajstić information content (AvgIpc) is 2.53. The van der Waals surface area contributed by atoms with Crippen LogP contribution < -0.4 is 15.2 Å². The third-order valence-corrected chi connectivity index (χ3v) is 5.46. The molecule has 0 aliphatic rings. The lowest BCUT2D eigenvalue weighted by Crippen LogP contribution is -2.36. The second kappa shape index (κ2) is 8.69. The van der Waals surface area contributed by atoms with Crippen molar-refractivity contribution in [3.63, 3.8) is 0 Å². The molecular formula is C18H24NO7P. The number of carbonyl (C=O) groups excluding carboxylic acids is 1. The summed E-state index contributed by atoms with van der Waals surface area (Å²) in [5.41, 5.74) is 0.588. The molecule has 0 spiro atoms. The summed E-state index contributed by atoms with van der Waals surface area (Å²) in [6, 6.07) is 5.31. The minimum absolute atomic E-state index is 0.216. The first-order valence-electron chi connectivity index (χ1n) is 8.44. The van der Waals surface area contributed by atoms with Crippen LogP contribution in [0.25, 0.3) is 11.0 Å². The molecule has 9 heteroatoms. The van der Waals surface area contributed by atoms with E-state index < -0.39 is 25.2 Å². The second-order valence-corrected chi connectivity index (χ2v) is 8.47. The Morgan fingerprint density at radius 1 is 1.26 bits per heavy atom. The Hall–Kier alpha value is -2.15. The fourth-order valence-corrected chi connectivity index (χ4v) is 4.14. The number of nitrogens with one attached hydrogen (secondary N) is 1. The number of hydrogen-bond donors (Lipinski definition) is 1. The predicted octanol–water partition coefficient (Wildman–Crippen LogP) is 3.21. The summed E-state index contributed by atoms with van der Waals surface area (Å²) in [5, 5.41) is 3.40. The monoisotopic (exact) mass is 397 g/mol. The third kappa shape index (κ3) is 5.66. The highest BCUT2D eigenvalue weighted by Gasteiger charge is 2.31. The van der Waals surface area contributed by atoms with Gasteiger partial charge < -0.3 is 18.4 Å². The van der Waals surface area contributed by atoms with Gasteiger partial charge in [0.05, 0.1) is 6.10 Å². The molecule has 0 fully saturated rings. The summed E-state index contributed by atoms with van der Waals surface area (Å²) in [5.74, 6) is -0.335. The van der Waals surface area contributed by atoms with Crippen molar-refractivity contribution in [1.82, 2.24) is 5.09 Å². The van der Waals surface area contributed by atoms with Crippen molar-refractivity contribution in [3.8, 4) is 5.75 Å². The lowest BCUT2D eigenvalue weighted by Gasteiger charge is -2.23. The van der Waals surface area contributed by atoms with E-state index in [2.05, 4.69) is 5.09 Å². The molecule has 0 amide bonds. The van der Waals surface area contributed by atoms with Crippen molar-refractivity contribution >= 4 is 24.5 Å². The van der Waals surface area contributed by atoms with E-state index in [0.717, 1.165) is 10.9 Å². The van der Waals surface area contributed by atoms with E-state index in [1.54, 1.807) is 32.9 Å². The zero-order chi connectivity index (χ0) is 20.2. The van der Waals surface area contributed by atoms with E-state index in [4.69, 9.17) is 18.4 Å². The molecule has 1 heterocycles. The number of rotatable bonds is 8. The molecule has 8 nitrogen and oxygen atoms in total. The zero-order valence-electron chi connectivity index (χ0n) is 16.0. The van der Waals surface area contributed by atoms with E-state index in [1.807, 2.05) is 0 Å². The molecule has 0 saturated heterocycles. The summed E-state index contributed by atoms with van der Waals surface area (Å²) in [6.07, 6.45) is -0.557. The van der Waals surface area contributed by atoms with Crippen LogP contribution in [0.3, 0.4) is 0 Å². The largest absolute Gasteiger partial charge is 0.462 e. The SMILES string of the molecule is COCP(=O)(N[C@@H](C)C(=O)OC(C)C)Oc1ccc2c(C)cc(=O)oc2c1. The van der Waals surface area contributed by atoms with Crippen LogP contribution in [0.4, 0.5) is 0 Å². The van der Waals surface area contributed by atoms with Crippen LogP contribution in [0.5, 0.6) is 5.75 Å². The van der Waals surface area contributed by atoms with Crippen molar-refractivity contribution < 1.29 is 27.8 Å². The predicted molar refractivity (Wildman–Crippen MR) is 101 cm³/mol. The van der Waals surface area contributed by atoms with Gasteiger partial charge in [-0.05, 0) is 45.4 Å². The van der Waals surface area contributed by atoms with Crippen LogP contribution in [0.1, 0.15) is 26.3 Å². The molecule has 1 aromatic heterocycles. The van der Waals surface area contributed by atoms with Crippen molar-refractivity contribution in [2.45, 2.75) is 39.8 Å². The van der Waals surface area contributed by atoms with Crippen LogP contribution in [-0.4, -0.2) is 31.6 Å². The number of hydrogen-bond acceptors (Lipinski definition) is 7. The molecule has 1 aromatic carbocycles. The number of methoxy groups -OCH3 is 1. The van der Waals surface area contributed by atoms with Crippen LogP contribution in [0.2, 0.25) is 0 Å². The molecule has 2 rings (SSSR count). The first kappa shape index (κ1) is 21.2. The molecule has 2 atom stereocenters. The summed E-state index contributed by atoms with van der Waals surface area (Å²) in [7, 11) is -2.22. The fraction of sp³-hybridized carbons (Fsp3) is 0.444. The highest BCUT2D eigenvalue weighted by Crippen LogP contribution is 2.44. The minimum atomic E-state index is -3.59. The molecule has 2 aromatic rings. The maximum absolute atomic E-state index is 13.1. The minimum Gasteiger partial charge on any atom is -0.462 e. The highest BCUT2D eigenvalue weighted by molar-refractivity contribution is 7.57. The Balaban J connectivity index is 2.26. The normalized spacial score (nSPS) is 14.7. The Kier molecular flexibility index (Phi) is 6.81. The zero-order valence-corrected chi connectivity index (χ0v) is 16.9. The molecule has 148 valence electrons. The van der Waals surface area contributed by atoms with Crippen LogP contribution >= 0.6 is 7.52 Å². The lowest BCUT2D eigenvalue weighted by molar-refractivity contribution is -0.149. The molecule has 27 heavy (non-hydrogen) atoms. The topological polar surface area (TPSA) is 104 Å². The van der Waals surface area contributed by atoms with E-state index in [1.165, 1.54) is 26.2 Å². The van der Waals surface area contributed by atoms with Crippen LogP contribution in [0.15, 0.2) is 33.5 Å². The maximum atomic E-state index is 13.1. The molecule has 0 bridgehead atoms. The van der Waals surface area contributed by atoms with Gasteiger partial charge in [-0.3, -0.25) is 9.36 Å². The van der Waals surface area contributed by atoms with Gasteiger partial charge in [-0.15, -0.1) is 0 Å². The first-order valence-corrected chi connectivity index (χ1v) is 10.2. The van der Waals surface area contributed by atoms with Gasteiger partial charge in [0.15, 0.2) is 0 Å². The lowest BCUT2D eigenvalue weighted by atomic mass is 10.1. The number of fused-ring (bicyclic) bond motifs is 1. The molecule has 1 N–H and O–H groups in total. The van der Waals surface area contributed by atoms with E-state index in [0.29, 0.717) is 5.58 Å². The summed E-state index contributed by atoms with van der Waals surface area (Å²) >= 11 is 0. The summed E-state index contributed by atoms with van der Waals surface area (Å²) < 4.78 is 34.0. The molecule has 0 aliphatic heterocycles. The van der Waals surface area contributed by atoms with Gasteiger partial charge in [-0.2, -0.15) is 0 Å². The molecular weight excluding hydrogens is 373 g/mol. The highest BCUT2D eigenvalue weighted by atomic mass is 31.2. The van der Waals surface area contributed by atoms with Gasteiger partial charge >= 0.3 is 19.1 Å². The van der Waals surface area contributed by atoms with Gasteiger partial charge in [0.1, 0.15) is 23.7 Å². The number of esters is 1. The Morgan fingerprint density at radius 2 is 1.96 bits per heavy atom. The molecule has 0 radical (unpaired) electrons. The quantitative estimate of drug-likeness (QED) is 0.411. The van der Waals surface area contributed by atoms with Gasteiger partial charge in [-0.1, -0.05) is 0 Å². The number of benzene rings is 1. The van der Waals surface area contributed by atoms with Crippen molar-refractivity contribution in [2.24, 2.45) is 0 Å². The Labute approximate surface area is 157 Å². The van der Waals surface area contributed by atoms with Crippen LogP contribution in [0, 0.1) is 6.92 Å². The fourth-order valence-electron chi connectivity index (χ4n) is 2.47. The van der Waals surface area contributed by atoms with Crippen molar-refractivity contribution in [2.75, 3.05) is 13.5 Å². The van der Waals surface area contributed by atoms with E-state index >= 15 is 0 Å². The standard InChI is InChI=1S/C18H24NO7P/c1-11(2)24-18(21)13(4)19-27(22,10-23-5)26-14-6-7-15-12(3)8-17(20)25-16(15)9-14/h6-9,11,13H,10H2,1-5H3,(H,19,22)/t13-,27?/m0/s1. The van der Waals surface area contributed by atoms with Gasteiger partial charge in [-0.25, -0.2) is 9.88 Å². The summed E-state index contributed by atoms with van der Waals surface area (Å²) in [4.78, 5) is 23.6. The molecule has 0 saturated carbocycles. The van der Waals surface area contributed by atoms with Gasteiger partial charge in [0.25, 0.3) is 0 Å². The Morgan fingerprint density at radius 3 is 2.59 bits per heavy atom. The second-order valence-electron chi connectivity index (χ2n) is 6.43. The van der Waals surface area contributed by atoms with Gasteiger partial charge in [0.2, 0.25) is 0 Å². The number of ether oxygens (including phenoxy) is 2. The Bertz CT molecular complexity index is 922.